The largest absolute Gasteiger partial charge is 0.462 e. The van der Waals surface area contributed by atoms with Gasteiger partial charge in [-0.05, 0) is 44.5 Å². The summed E-state index contributed by atoms with van der Waals surface area (Å²) in [5, 5.41) is 23.5. The Labute approximate surface area is 214 Å². The van der Waals surface area contributed by atoms with E-state index >= 15 is 0 Å². The summed E-state index contributed by atoms with van der Waals surface area (Å²) in [5.41, 5.74) is 3.30. The fraction of sp³-hybridized carbons (Fsp3) is 0.417. The van der Waals surface area contributed by atoms with Crippen molar-refractivity contribution in [2.45, 2.75) is 51.5 Å². The van der Waals surface area contributed by atoms with Crippen molar-refractivity contribution in [3.05, 3.63) is 65.2 Å². The van der Waals surface area contributed by atoms with E-state index in [0.717, 1.165) is 0 Å². The monoisotopic (exact) mass is 531 g/mol. The Kier molecular flexibility index (Phi) is 8.56. The van der Waals surface area contributed by atoms with Gasteiger partial charge in [-0.1, -0.05) is 24.8 Å². The molecule has 1 aliphatic carbocycles. The molecule has 2 aromatic rings. The van der Waals surface area contributed by atoms with Crippen molar-refractivity contribution >= 4 is 19.5 Å². The molecular weight excluding hydrogens is 501 g/mol. The predicted octanol–water partition coefficient (Wildman–Crippen LogP) is 2.33. The van der Waals surface area contributed by atoms with E-state index in [-0.39, 0.29) is 23.6 Å². The van der Waals surface area contributed by atoms with E-state index < -0.39 is 55.7 Å². The van der Waals surface area contributed by atoms with E-state index in [1.165, 1.54) is 35.9 Å². The maximum Gasteiger partial charge on any atom is 0.459 e. The van der Waals surface area contributed by atoms with Gasteiger partial charge < -0.3 is 20.1 Å². The third-order valence-corrected chi connectivity index (χ3v) is 7.49. The van der Waals surface area contributed by atoms with E-state index in [0.29, 0.717) is 0 Å². The molecule has 37 heavy (non-hydrogen) atoms. The highest BCUT2D eigenvalue weighted by Crippen LogP contribution is 2.52. The number of ether oxygens (including phenoxy) is 1. The zero-order valence-electron chi connectivity index (χ0n) is 20.7. The van der Waals surface area contributed by atoms with Crippen LogP contribution in [0.5, 0.6) is 5.75 Å². The molecule has 1 unspecified atom stereocenters. The lowest BCUT2D eigenvalue weighted by Crippen LogP contribution is -2.39. The maximum atomic E-state index is 13.8. The van der Waals surface area contributed by atoms with Crippen LogP contribution in [0.15, 0.2) is 59.5 Å². The van der Waals surface area contributed by atoms with E-state index in [4.69, 9.17) is 19.5 Å². The molecule has 12 nitrogen and oxygen atoms in total. The number of aliphatic hydroxyl groups excluding tert-OH is 1. The summed E-state index contributed by atoms with van der Waals surface area (Å²) in [6.45, 7) is 8.11. The summed E-state index contributed by atoms with van der Waals surface area (Å²) in [4.78, 5) is 28.4. The Morgan fingerprint density at radius 1 is 1.38 bits per heavy atom. The van der Waals surface area contributed by atoms with Gasteiger partial charge in [0.1, 0.15) is 23.0 Å². The molecule has 1 aromatic carbocycles. The minimum Gasteiger partial charge on any atom is -0.462 e. The Bertz CT molecular complexity index is 1290. The Morgan fingerprint density at radius 3 is 2.65 bits per heavy atom. The lowest BCUT2D eigenvalue weighted by molar-refractivity contribution is -0.149. The lowest BCUT2D eigenvalue weighted by Gasteiger charge is -2.30. The van der Waals surface area contributed by atoms with Crippen LogP contribution in [0.4, 0.5) is 5.82 Å². The van der Waals surface area contributed by atoms with E-state index in [1.54, 1.807) is 32.0 Å². The van der Waals surface area contributed by atoms with Crippen molar-refractivity contribution in [3.8, 4) is 11.8 Å². The number of nitrogens with one attached hydrogen (secondary N) is 1. The van der Waals surface area contributed by atoms with Crippen molar-refractivity contribution < 1.29 is 28.3 Å². The van der Waals surface area contributed by atoms with Crippen LogP contribution < -0.4 is 21.0 Å². The van der Waals surface area contributed by atoms with Crippen molar-refractivity contribution in [1.29, 1.82) is 5.26 Å². The molecule has 198 valence electrons. The molecule has 1 heterocycles. The van der Waals surface area contributed by atoms with E-state index in [9.17, 15) is 24.5 Å². The molecule has 4 N–H and O–H groups in total. The fourth-order valence-corrected chi connectivity index (χ4v) is 5.43. The molecule has 0 amide bonds. The second kappa shape index (κ2) is 11.3. The number of nitrogens with zero attached hydrogens (tertiary/aromatic N) is 3. The summed E-state index contributed by atoms with van der Waals surface area (Å²) < 4.78 is 31.4. The predicted molar refractivity (Wildman–Crippen MR) is 134 cm³/mol. The standard InChI is InChI=1S/C24H30N5O7P/c1-15(2)35-22(31)17(4)28-37(33,36-18-8-6-5-7-9-18)34-14-24(13-25)16(3)19(12-20(24)30)29-11-10-21(26)27-23(29)32/h5-11,15,17,19-20,30H,3,12,14H2,1-2,4H3,(H,28,33)(H2,26,27,32)/t17-,19-,20-,24-,37?/m0/s1. The molecule has 0 bridgehead atoms. The maximum absolute atomic E-state index is 13.8. The quantitative estimate of drug-likeness (QED) is 0.233. The van der Waals surface area contributed by atoms with Crippen LogP contribution in [0.25, 0.3) is 0 Å². The number of nitrogens with two attached hydrogens (primary N) is 1. The van der Waals surface area contributed by atoms with Crippen LogP contribution in [0.2, 0.25) is 0 Å². The van der Waals surface area contributed by atoms with Gasteiger partial charge >= 0.3 is 19.4 Å². The third-order valence-electron chi connectivity index (χ3n) is 5.87. The lowest BCUT2D eigenvalue weighted by atomic mass is 9.83. The second-order valence-electron chi connectivity index (χ2n) is 8.93. The molecule has 0 saturated heterocycles. The average Bonchev–Trinajstić information content (AvgIpc) is 3.07. The van der Waals surface area contributed by atoms with Gasteiger partial charge in [0, 0.05) is 12.6 Å². The van der Waals surface area contributed by atoms with Gasteiger partial charge in [-0.3, -0.25) is 13.9 Å². The van der Waals surface area contributed by atoms with Crippen molar-refractivity contribution in [2.24, 2.45) is 5.41 Å². The number of anilines is 1. The van der Waals surface area contributed by atoms with Crippen molar-refractivity contribution in [1.82, 2.24) is 14.6 Å². The molecule has 5 atom stereocenters. The number of carbonyl (C=O) groups excluding carboxylic acids is 1. The van der Waals surface area contributed by atoms with Crippen LogP contribution in [0.3, 0.4) is 0 Å². The highest BCUT2D eigenvalue weighted by Gasteiger charge is 2.53. The number of rotatable bonds is 10. The molecule has 13 heteroatoms. The summed E-state index contributed by atoms with van der Waals surface area (Å²) in [6, 6.07) is 9.64. The number of nitriles is 1. The smallest absolute Gasteiger partial charge is 0.459 e. The first-order valence-corrected chi connectivity index (χ1v) is 13.1. The number of hydrogen-bond acceptors (Lipinski definition) is 10. The molecular formula is C24H30N5O7P. The molecule has 0 aliphatic heterocycles. The minimum absolute atomic E-state index is 0.0236. The second-order valence-corrected chi connectivity index (χ2v) is 10.6. The molecule has 1 aliphatic rings. The number of carbonyl (C=O) groups is 1. The number of esters is 1. The summed E-state index contributed by atoms with van der Waals surface area (Å²) in [5.74, 6) is -0.487. The Balaban J connectivity index is 1.88. The fourth-order valence-electron chi connectivity index (χ4n) is 3.90. The minimum atomic E-state index is -4.32. The van der Waals surface area contributed by atoms with Crippen molar-refractivity contribution in [2.75, 3.05) is 12.3 Å². The number of nitrogen functional groups attached to an aromatic ring is 1. The molecule has 1 fully saturated rings. The highest BCUT2D eigenvalue weighted by molar-refractivity contribution is 7.52. The van der Waals surface area contributed by atoms with Crippen LogP contribution in [0.1, 0.15) is 33.2 Å². The van der Waals surface area contributed by atoms with Gasteiger partial charge in [-0.25, -0.2) is 9.36 Å². The summed E-state index contributed by atoms with van der Waals surface area (Å²) in [6.07, 6.45) is -0.383. The number of para-hydroxylation sites is 1. The number of hydrogen-bond donors (Lipinski definition) is 3. The summed E-state index contributed by atoms with van der Waals surface area (Å²) >= 11 is 0. The first kappa shape index (κ1) is 28.1. The number of benzene rings is 1. The van der Waals surface area contributed by atoms with E-state index in [1.807, 2.05) is 6.07 Å². The van der Waals surface area contributed by atoms with Gasteiger partial charge in [0.25, 0.3) is 0 Å². The SMILES string of the molecule is C=C1[C@@H](n2ccc(N)nc2=O)C[C@H](O)[C@@]1(C#N)COP(=O)(N[C@@H](C)C(=O)OC(C)C)Oc1ccccc1. The molecule has 0 radical (unpaired) electrons. The summed E-state index contributed by atoms with van der Waals surface area (Å²) in [7, 11) is -4.32. The highest BCUT2D eigenvalue weighted by atomic mass is 31.2. The topological polar surface area (TPSA) is 179 Å². The van der Waals surface area contributed by atoms with Gasteiger partial charge in [-0.15, -0.1) is 0 Å². The normalized spacial score (nSPS) is 23.7. The van der Waals surface area contributed by atoms with E-state index in [2.05, 4.69) is 16.7 Å². The molecule has 1 saturated carbocycles. The first-order chi connectivity index (χ1) is 17.4. The molecule has 0 spiro atoms. The zero-order valence-corrected chi connectivity index (χ0v) is 21.6. The van der Waals surface area contributed by atoms with Gasteiger partial charge in [0.15, 0.2) is 0 Å². The molecule has 1 aromatic heterocycles. The zero-order chi connectivity index (χ0) is 27.4. The van der Waals surface area contributed by atoms with Crippen LogP contribution in [-0.2, 0) is 18.6 Å². The number of aromatic nitrogens is 2. The van der Waals surface area contributed by atoms with Gasteiger partial charge in [0.2, 0.25) is 0 Å². The van der Waals surface area contributed by atoms with Crippen LogP contribution in [0, 0.1) is 16.7 Å². The van der Waals surface area contributed by atoms with Crippen molar-refractivity contribution in [3.63, 3.8) is 0 Å². The molecule has 3 rings (SSSR count). The third kappa shape index (κ3) is 6.26. The number of aliphatic hydroxyl groups is 1. The first-order valence-electron chi connectivity index (χ1n) is 11.5. The van der Waals surface area contributed by atoms with Crippen LogP contribution in [-0.4, -0.2) is 45.5 Å². The van der Waals surface area contributed by atoms with Gasteiger partial charge in [-0.2, -0.15) is 15.3 Å². The van der Waals surface area contributed by atoms with Gasteiger partial charge in [0.05, 0.1) is 30.9 Å². The average molecular weight is 532 g/mol. The Morgan fingerprint density at radius 2 is 2.05 bits per heavy atom. The van der Waals surface area contributed by atoms with Crippen LogP contribution >= 0.6 is 7.75 Å². The Hall–Kier alpha value is -3.49.